The lowest BCUT2D eigenvalue weighted by Crippen LogP contribution is -2.42. The quantitative estimate of drug-likeness (QED) is 0.660. The number of hydrogen-bond donors (Lipinski definition) is 1. The minimum atomic E-state index is -1.81. The van der Waals surface area contributed by atoms with Crippen molar-refractivity contribution in [3.8, 4) is 6.07 Å². The van der Waals surface area contributed by atoms with Crippen LogP contribution < -0.4 is 5.73 Å². The first-order valence-corrected chi connectivity index (χ1v) is 8.17. The summed E-state index contributed by atoms with van der Waals surface area (Å²) in [5.74, 6) is -1.93. The lowest BCUT2D eigenvalue weighted by molar-refractivity contribution is -0.510. The third kappa shape index (κ3) is 2.72. The maximum atomic E-state index is 12.2. The highest BCUT2D eigenvalue weighted by molar-refractivity contribution is 6.30. The number of nitro groups is 1. The van der Waals surface area contributed by atoms with Crippen LogP contribution in [0.4, 0.5) is 0 Å². The Morgan fingerprint density at radius 1 is 1.19 bits per heavy atom. The molecule has 1 amide bonds. The molecule has 1 aliphatic rings. The number of hydrogen-bond acceptors (Lipinski definition) is 4. The first-order valence-electron chi connectivity index (χ1n) is 7.79. The molecule has 3 unspecified atom stereocenters. The van der Waals surface area contributed by atoms with Crippen molar-refractivity contribution in [2.75, 3.05) is 0 Å². The Hall–Kier alpha value is -3.17. The molecule has 0 aliphatic heterocycles. The van der Waals surface area contributed by atoms with Crippen molar-refractivity contribution in [2.24, 2.45) is 11.1 Å². The van der Waals surface area contributed by atoms with E-state index in [2.05, 4.69) is 0 Å². The van der Waals surface area contributed by atoms with Crippen molar-refractivity contribution in [1.29, 1.82) is 5.26 Å². The van der Waals surface area contributed by atoms with E-state index in [0.29, 0.717) is 16.1 Å². The smallest absolute Gasteiger partial charge is 0.247 e. The summed E-state index contributed by atoms with van der Waals surface area (Å²) in [4.78, 5) is 23.7. The number of nitrogens with zero attached hydrogens (tertiary/aromatic N) is 2. The van der Waals surface area contributed by atoms with Gasteiger partial charge in [0.15, 0.2) is 5.41 Å². The van der Waals surface area contributed by atoms with Crippen LogP contribution in [0.1, 0.15) is 17.0 Å². The molecule has 0 aromatic heterocycles. The lowest BCUT2D eigenvalue weighted by Gasteiger charge is -2.26. The molecule has 2 N–H and O–H groups in total. The monoisotopic (exact) mass is 367 g/mol. The number of nitrogens with two attached hydrogens (primary N) is 1. The van der Waals surface area contributed by atoms with Crippen LogP contribution in [0.25, 0.3) is 5.57 Å². The zero-order valence-corrected chi connectivity index (χ0v) is 14.3. The van der Waals surface area contributed by atoms with E-state index < -0.39 is 28.2 Å². The van der Waals surface area contributed by atoms with Crippen LogP contribution in [0, 0.1) is 26.9 Å². The molecule has 0 fully saturated rings. The second kappa shape index (κ2) is 6.62. The summed E-state index contributed by atoms with van der Waals surface area (Å²) in [6.45, 7) is 0. The first-order chi connectivity index (χ1) is 12.4. The topological polar surface area (TPSA) is 110 Å². The van der Waals surface area contributed by atoms with Crippen LogP contribution in [-0.4, -0.2) is 16.9 Å². The van der Waals surface area contributed by atoms with Crippen LogP contribution in [0.3, 0.4) is 0 Å². The minimum Gasteiger partial charge on any atom is -0.368 e. The predicted octanol–water partition coefficient (Wildman–Crippen LogP) is 3.16. The molecule has 130 valence electrons. The fourth-order valence-corrected chi connectivity index (χ4v) is 3.59. The Balaban J connectivity index is 2.26. The molecular formula is C19H14ClN3O3. The van der Waals surface area contributed by atoms with Gasteiger partial charge in [-0.05, 0) is 29.3 Å². The van der Waals surface area contributed by atoms with E-state index in [1.54, 1.807) is 54.6 Å². The minimum absolute atomic E-state index is 0.279. The highest BCUT2D eigenvalue weighted by Gasteiger charge is 2.59. The van der Waals surface area contributed by atoms with Gasteiger partial charge in [-0.15, -0.1) is 0 Å². The van der Waals surface area contributed by atoms with Crippen molar-refractivity contribution >= 4 is 23.1 Å². The van der Waals surface area contributed by atoms with E-state index in [9.17, 15) is 20.2 Å². The maximum Gasteiger partial charge on any atom is 0.247 e. The summed E-state index contributed by atoms with van der Waals surface area (Å²) < 4.78 is 0. The van der Waals surface area contributed by atoms with Crippen molar-refractivity contribution in [3.05, 3.63) is 86.9 Å². The van der Waals surface area contributed by atoms with Gasteiger partial charge in [0, 0.05) is 15.5 Å². The van der Waals surface area contributed by atoms with Gasteiger partial charge < -0.3 is 5.73 Å². The molecule has 3 rings (SSSR count). The highest BCUT2D eigenvalue weighted by Crippen LogP contribution is 2.51. The van der Waals surface area contributed by atoms with Gasteiger partial charge in [0.2, 0.25) is 11.9 Å². The number of nitriles is 1. The largest absolute Gasteiger partial charge is 0.368 e. The summed E-state index contributed by atoms with van der Waals surface area (Å²) in [6, 6.07) is 15.6. The molecule has 0 heterocycles. The summed E-state index contributed by atoms with van der Waals surface area (Å²) in [5, 5.41) is 22.2. The molecule has 0 saturated heterocycles. The summed E-state index contributed by atoms with van der Waals surface area (Å²) >= 11 is 5.90. The number of benzene rings is 2. The molecule has 0 saturated carbocycles. The second-order valence-electron chi connectivity index (χ2n) is 6.07. The molecule has 7 heteroatoms. The summed E-state index contributed by atoms with van der Waals surface area (Å²) in [7, 11) is 0. The maximum absolute atomic E-state index is 12.2. The Morgan fingerprint density at radius 3 is 2.31 bits per heavy atom. The zero-order valence-electron chi connectivity index (χ0n) is 13.5. The highest BCUT2D eigenvalue weighted by atomic mass is 35.5. The van der Waals surface area contributed by atoms with Crippen molar-refractivity contribution in [1.82, 2.24) is 0 Å². The molecule has 0 radical (unpaired) electrons. The van der Waals surface area contributed by atoms with E-state index in [4.69, 9.17) is 17.3 Å². The van der Waals surface area contributed by atoms with Crippen LogP contribution in [0.2, 0.25) is 5.02 Å². The summed E-state index contributed by atoms with van der Waals surface area (Å²) in [5.41, 5.74) is 5.05. The van der Waals surface area contributed by atoms with Crippen LogP contribution in [0.5, 0.6) is 0 Å². The van der Waals surface area contributed by atoms with Gasteiger partial charge in [-0.25, -0.2) is 0 Å². The Kier molecular flexibility index (Phi) is 4.49. The van der Waals surface area contributed by atoms with Gasteiger partial charge in [-0.3, -0.25) is 14.9 Å². The molecule has 0 spiro atoms. The van der Waals surface area contributed by atoms with Gasteiger partial charge in [0.05, 0.1) is 12.0 Å². The van der Waals surface area contributed by atoms with Gasteiger partial charge in [0.1, 0.15) is 0 Å². The molecule has 2 aromatic rings. The van der Waals surface area contributed by atoms with Crippen molar-refractivity contribution in [3.63, 3.8) is 0 Å². The number of amides is 1. The van der Waals surface area contributed by atoms with Crippen molar-refractivity contribution in [2.45, 2.75) is 12.0 Å². The van der Waals surface area contributed by atoms with E-state index in [1.807, 2.05) is 6.07 Å². The third-order valence-electron chi connectivity index (χ3n) is 4.66. The standard InChI is InChI=1S/C19H14ClN3O3/c20-14-8-6-12(7-9-14)15-10-19(11-21,18(22)24)16(17(15)23(25)26)13-4-2-1-3-5-13/h1-10,16-17H,(H2,22,24). The summed E-state index contributed by atoms with van der Waals surface area (Å²) in [6.07, 6.45) is 1.34. The third-order valence-corrected chi connectivity index (χ3v) is 4.92. The number of primary amides is 1. The van der Waals surface area contributed by atoms with Crippen LogP contribution in [-0.2, 0) is 4.79 Å². The van der Waals surface area contributed by atoms with Gasteiger partial charge in [0.25, 0.3) is 0 Å². The van der Waals surface area contributed by atoms with Crippen LogP contribution >= 0.6 is 11.6 Å². The molecule has 26 heavy (non-hydrogen) atoms. The average Bonchev–Trinajstić information content (AvgIpc) is 3.00. The fraction of sp³-hybridized carbons (Fsp3) is 0.158. The first kappa shape index (κ1) is 17.6. The number of carbonyl (C=O) groups excluding carboxylic acids is 1. The molecule has 0 bridgehead atoms. The fourth-order valence-electron chi connectivity index (χ4n) is 3.47. The van der Waals surface area contributed by atoms with Gasteiger partial charge in [-0.1, -0.05) is 54.1 Å². The Labute approximate surface area is 154 Å². The number of carbonyl (C=O) groups is 1. The van der Waals surface area contributed by atoms with E-state index in [1.165, 1.54) is 6.08 Å². The zero-order chi connectivity index (χ0) is 18.9. The van der Waals surface area contributed by atoms with Crippen LogP contribution in [0.15, 0.2) is 60.7 Å². The molecule has 2 aromatic carbocycles. The van der Waals surface area contributed by atoms with E-state index in [-0.39, 0.29) is 5.57 Å². The molecule has 6 nitrogen and oxygen atoms in total. The Bertz CT molecular complexity index is 935. The molecule has 1 aliphatic carbocycles. The predicted molar refractivity (Wildman–Crippen MR) is 96.6 cm³/mol. The van der Waals surface area contributed by atoms with E-state index in [0.717, 1.165) is 0 Å². The number of halogens is 1. The second-order valence-corrected chi connectivity index (χ2v) is 6.51. The van der Waals surface area contributed by atoms with Gasteiger partial charge >= 0.3 is 0 Å². The van der Waals surface area contributed by atoms with Gasteiger partial charge in [-0.2, -0.15) is 5.26 Å². The lowest BCUT2D eigenvalue weighted by atomic mass is 9.73. The van der Waals surface area contributed by atoms with Crippen molar-refractivity contribution < 1.29 is 9.72 Å². The number of rotatable bonds is 4. The Morgan fingerprint density at radius 2 is 1.81 bits per heavy atom. The van der Waals surface area contributed by atoms with E-state index >= 15 is 0 Å². The SMILES string of the molecule is N#CC1(C(N)=O)C=C(c2ccc(Cl)cc2)C([N+](=O)[O-])C1c1ccccc1. The molecule has 3 atom stereocenters. The normalized spacial score (nSPS) is 24.5. The average molecular weight is 368 g/mol. The molecular weight excluding hydrogens is 354 g/mol.